The molecule has 1 rings (SSSR count). The Bertz CT molecular complexity index is 314. The van der Waals surface area contributed by atoms with Gasteiger partial charge in [0.15, 0.2) is 11.5 Å². The number of benzene rings is 1. The lowest BCUT2D eigenvalue weighted by Gasteiger charge is -2.05. The number of aliphatic hydroxyl groups excluding tert-OH is 1. The zero-order valence-electron chi connectivity index (χ0n) is 5.88. The van der Waals surface area contributed by atoms with Crippen molar-refractivity contribution in [2.24, 2.45) is 0 Å². The molecule has 0 aliphatic carbocycles. The molecule has 0 heterocycles. The van der Waals surface area contributed by atoms with Gasteiger partial charge in [-0.25, -0.2) is 0 Å². The van der Waals surface area contributed by atoms with E-state index in [-0.39, 0.29) is 10.6 Å². The summed E-state index contributed by atoms with van der Waals surface area (Å²) >= 11 is 5.36. The molecule has 0 unspecified atom stereocenters. The Kier molecular flexibility index (Phi) is 2.40. The molecule has 0 spiro atoms. The Morgan fingerprint density at radius 2 is 1.92 bits per heavy atom. The molecule has 5 heteroatoms. The van der Waals surface area contributed by atoms with Gasteiger partial charge in [0, 0.05) is 5.56 Å². The van der Waals surface area contributed by atoms with E-state index in [1.54, 1.807) is 0 Å². The number of rotatable bonds is 1. The van der Waals surface area contributed by atoms with Gasteiger partial charge in [-0.1, -0.05) is 11.6 Å². The molecule has 1 aromatic rings. The minimum absolute atomic E-state index is 0.0599. The van der Waals surface area contributed by atoms with Gasteiger partial charge in [-0.05, 0) is 6.07 Å². The van der Waals surface area contributed by atoms with Crippen molar-refractivity contribution < 1.29 is 19.7 Å². The maximum absolute atomic E-state index is 12.7. The molecule has 3 N–H and O–H groups in total. The fraction of sp³-hybridized carbons (Fsp3) is 0.143. The molecule has 0 bridgehead atoms. The van der Waals surface area contributed by atoms with Crippen molar-refractivity contribution in [2.45, 2.75) is 6.61 Å². The molecule has 0 saturated carbocycles. The molecular formula is C7H6ClFO3. The number of phenols is 2. The van der Waals surface area contributed by atoms with Gasteiger partial charge < -0.3 is 15.3 Å². The summed E-state index contributed by atoms with van der Waals surface area (Å²) in [5.41, 5.74) is -0.0599. The Hall–Kier alpha value is -1.00. The van der Waals surface area contributed by atoms with Crippen LogP contribution < -0.4 is 0 Å². The maximum Gasteiger partial charge on any atom is 0.208 e. The Labute approximate surface area is 72.6 Å². The molecule has 1 aromatic carbocycles. The van der Waals surface area contributed by atoms with Crippen molar-refractivity contribution >= 4 is 11.6 Å². The summed E-state index contributed by atoms with van der Waals surface area (Å²) in [6.45, 7) is -0.539. The lowest BCUT2D eigenvalue weighted by Crippen LogP contribution is -1.89. The van der Waals surface area contributed by atoms with Crippen molar-refractivity contribution in [2.75, 3.05) is 0 Å². The first-order chi connectivity index (χ1) is 5.57. The maximum atomic E-state index is 12.7. The number of halogens is 2. The molecule has 0 fully saturated rings. The van der Waals surface area contributed by atoms with Crippen LogP contribution in [0.4, 0.5) is 4.39 Å². The minimum atomic E-state index is -1.22. The number of hydrogen-bond donors (Lipinski definition) is 3. The van der Waals surface area contributed by atoms with Crippen LogP contribution in [-0.4, -0.2) is 15.3 Å². The average molecular weight is 193 g/mol. The minimum Gasteiger partial charge on any atom is -0.504 e. The highest BCUT2D eigenvalue weighted by Crippen LogP contribution is 2.35. The van der Waals surface area contributed by atoms with E-state index < -0.39 is 23.9 Å². The standard InChI is InChI=1S/C7H6ClFO3/c8-4-1-3(2-10)6(11)5(9)7(4)12/h1,10-12H,2H2. The molecule has 0 aliphatic rings. The van der Waals surface area contributed by atoms with Gasteiger partial charge in [-0.3, -0.25) is 0 Å². The number of aliphatic hydroxyl groups is 1. The first kappa shape index (κ1) is 9.09. The number of aromatic hydroxyl groups is 2. The summed E-state index contributed by atoms with van der Waals surface area (Å²) in [7, 11) is 0. The van der Waals surface area contributed by atoms with Crippen LogP contribution in [0, 0.1) is 5.82 Å². The van der Waals surface area contributed by atoms with Crippen LogP contribution in [0.1, 0.15) is 5.56 Å². The molecule has 12 heavy (non-hydrogen) atoms. The lowest BCUT2D eigenvalue weighted by molar-refractivity contribution is 0.272. The largest absolute Gasteiger partial charge is 0.504 e. The lowest BCUT2D eigenvalue weighted by atomic mass is 10.2. The smallest absolute Gasteiger partial charge is 0.208 e. The zero-order chi connectivity index (χ0) is 9.30. The highest BCUT2D eigenvalue weighted by atomic mass is 35.5. The fourth-order valence-corrected chi connectivity index (χ4v) is 0.983. The molecule has 0 saturated heterocycles. The summed E-state index contributed by atoms with van der Waals surface area (Å²) in [5.74, 6) is -2.81. The third kappa shape index (κ3) is 1.31. The topological polar surface area (TPSA) is 60.7 Å². The van der Waals surface area contributed by atoms with Crippen LogP contribution in [0.25, 0.3) is 0 Å². The van der Waals surface area contributed by atoms with E-state index in [1.165, 1.54) is 0 Å². The van der Waals surface area contributed by atoms with E-state index in [2.05, 4.69) is 0 Å². The summed E-state index contributed by atoms with van der Waals surface area (Å²) in [4.78, 5) is 0. The van der Waals surface area contributed by atoms with Gasteiger partial charge in [-0.2, -0.15) is 4.39 Å². The van der Waals surface area contributed by atoms with Crippen molar-refractivity contribution in [3.63, 3.8) is 0 Å². The third-order valence-corrected chi connectivity index (χ3v) is 1.71. The first-order valence-corrected chi connectivity index (χ1v) is 3.45. The summed E-state index contributed by atoms with van der Waals surface area (Å²) < 4.78 is 12.7. The Morgan fingerprint density at radius 1 is 1.33 bits per heavy atom. The van der Waals surface area contributed by atoms with Crippen molar-refractivity contribution in [3.8, 4) is 11.5 Å². The van der Waals surface area contributed by atoms with E-state index >= 15 is 0 Å². The van der Waals surface area contributed by atoms with E-state index in [0.717, 1.165) is 6.07 Å². The van der Waals surface area contributed by atoms with Crippen LogP contribution >= 0.6 is 11.6 Å². The molecule has 0 aliphatic heterocycles. The molecule has 66 valence electrons. The number of hydrogen-bond acceptors (Lipinski definition) is 3. The molecule has 0 radical (unpaired) electrons. The van der Waals surface area contributed by atoms with Crippen LogP contribution in [0.5, 0.6) is 11.5 Å². The van der Waals surface area contributed by atoms with Gasteiger partial charge >= 0.3 is 0 Å². The molecule has 0 atom stereocenters. The van der Waals surface area contributed by atoms with Crippen molar-refractivity contribution in [3.05, 3.63) is 22.5 Å². The molecular weight excluding hydrogens is 187 g/mol. The normalized spacial score (nSPS) is 10.2. The van der Waals surface area contributed by atoms with Gasteiger partial charge in [0.2, 0.25) is 5.82 Å². The quantitative estimate of drug-likeness (QED) is 0.630. The predicted octanol–water partition coefficient (Wildman–Crippen LogP) is 1.38. The monoisotopic (exact) mass is 192 g/mol. The average Bonchev–Trinajstić information content (AvgIpc) is 2.08. The SMILES string of the molecule is OCc1cc(Cl)c(O)c(F)c1O. The zero-order valence-corrected chi connectivity index (χ0v) is 6.64. The fourth-order valence-electron chi connectivity index (χ4n) is 0.768. The molecule has 0 aromatic heterocycles. The van der Waals surface area contributed by atoms with Gasteiger partial charge in [0.05, 0.1) is 11.6 Å². The Morgan fingerprint density at radius 3 is 2.42 bits per heavy atom. The van der Waals surface area contributed by atoms with Gasteiger partial charge in [0.25, 0.3) is 0 Å². The third-order valence-electron chi connectivity index (χ3n) is 1.42. The first-order valence-electron chi connectivity index (χ1n) is 3.07. The molecule has 0 amide bonds. The summed E-state index contributed by atoms with van der Waals surface area (Å²) in [5, 5.41) is 26.2. The van der Waals surface area contributed by atoms with Crippen LogP contribution in [0.15, 0.2) is 6.07 Å². The number of phenolic OH excluding ortho intramolecular Hbond substituents is 1. The summed E-state index contributed by atoms with van der Waals surface area (Å²) in [6, 6.07) is 1.09. The molecule has 3 nitrogen and oxygen atoms in total. The highest BCUT2D eigenvalue weighted by Gasteiger charge is 2.15. The van der Waals surface area contributed by atoms with Crippen molar-refractivity contribution in [1.82, 2.24) is 0 Å². The predicted molar refractivity (Wildman–Crippen MR) is 40.7 cm³/mol. The Balaban J connectivity index is 3.39. The van der Waals surface area contributed by atoms with E-state index in [9.17, 15) is 4.39 Å². The van der Waals surface area contributed by atoms with E-state index in [0.29, 0.717) is 0 Å². The van der Waals surface area contributed by atoms with Gasteiger partial charge in [0.1, 0.15) is 0 Å². The highest BCUT2D eigenvalue weighted by molar-refractivity contribution is 6.32. The van der Waals surface area contributed by atoms with Crippen molar-refractivity contribution in [1.29, 1.82) is 0 Å². The second kappa shape index (κ2) is 3.16. The van der Waals surface area contributed by atoms with E-state index in [1.807, 2.05) is 0 Å². The second-order valence-corrected chi connectivity index (χ2v) is 2.59. The van der Waals surface area contributed by atoms with E-state index in [4.69, 9.17) is 26.9 Å². The van der Waals surface area contributed by atoms with Crippen LogP contribution in [0.2, 0.25) is 5.02 Å². The van der Waals surface area contributed by atoms with Gasteiger partial charge in [-0.15, -0.1) is 0 Å². The van der Waals surface area contributed by atoms with Crippen LogP contribution in [0.3, 0.4) is 0 Å². The van der Waals surface area contributed by atoms with Crippen LogP contribution in [-0.2, 0) is 6.61 Å². The second-order valence-electron chi connectivity index (χ2n) is 2.19. The summed E-state index contributed by atoms with van der Waals surface area (Å²) in [6.07, 6.45) is 0.